The lowest BCUT2D eigenvalue weighted by atomic mass is 10.1. The van der Waals surface area contributed by atoms with Gasteiger partial charge in [-0.3, -0.25) is 4.79 Å². The van der Waals surface area contributed by atoms with Crippen LogP contribution in [0.1, 0.15) is 36.3 Å². The van der Waals surface area contributed by atoms with Crippen molar-refractivity contribution < 1.29 is 9.90 Å². The van der Waals surface area contributed by atoms with Gasteiger partial charge in [0.2, 0.25) is 0 Å². The minimum atomic E-state index is -0.532. The topological polar surface area (TPSA) is 80.0 Å². The third-order valence-electron chi connectivity index (χ3n) is 3.36. The highest BCUT2D eigenvalue weighted by atomic mass is 16.3. The SMILES string of the molecule is Cc1c(C(=O)NCC(O)CC(C)C)cnn1-c1ccccn1. The van der Waals surface area contributed by atoms with Gasteiger partial charge in [0.15, 0.2) is 5.82 Å². The maximum Gasteiger partial charge on any atom is 0.254 e. The molecule has 6 nitrogen and oxygen atoms in total. The van der Waals surface area contributed by atoms with E-state index in [1.165, 1.54) is 6.20 Å². The van der Waals surface area contributed by atoms with Crippen LogP contribution in [0.15, 0.2) is 30.6 Å². The number of nitrogens with zero attached hydrogens (tertiary/aromatic N) is 3. The third-order valence-corrected chi connectivity index (χ3v) is 3.36. The number of amides is 1. The number of aliphatic hydroxyl groups excluding tert-OH is 1. The molecular weight excluding hydrogens is 280 g/mol. The largest absolute Gasteiger partial charge is 0.391 e. The fourth-order valence-electron chi connectivity index (χ4n) is 2.28. The Balaban J connectivity index is 2.04. The Morgan fingerprint density at radius 2 is 2.18 bits per heavy atom. The number of aliphatic hydroxyl groups is 1. The minimum absolute atomic E-state index is 0.234. The summed E-state index contributed by atoms with van der Waals surface area (Å²) in [6.07, 6.45) is 3.33. The Morgan fingerprint density at radius 3 is 2.82 bits per heavy atom. The van der Waals surface area contributed by atoms with E-state index in [9.17, 15) is 9.90 Å². The van der Waals surface area contributed by atoms with E-state index in [-0.39, 0.29) is 12.5 Å². The maximum atomic E-state index is 12.2. The standard InChI is InChI=1S/C16H22N4O2/c1-11(2)8-13(21)9-18-16(22)14-10-19-20(12(14)3)15-6-4-5-7-17-15/h4-7,10-11,13,21H,8-9H2,1-3H3,(H,18,22). The van der Waals surface area contributed by atoms with E-state index in [1.54, 1.807) is 10.9 Å². The second-order valence-corrected chi connectivity index (χ2v) is 5.74. The number of pyridine rings is 1. The van der Waals surface area contributed by atoms with Gasteiger partial charge in [-0.25, -0.2) is 9.67 Å². The van der Waals surface area contributed by atoms with E-state index in [0.717, 1.165) is 5.69 Å². The number of rotatable bonds is 6. The first-order valence-corrected chi connectivity index (χ1v) is 7.41. The molecule has 118 valence electrons. The Labute approximate surface area is 130 Å². The van der Waals surface area contributed by atoms with Crippen molar-refractivity contribution in [2.45, 2.75) is 33.3 Å². The highest BCUT2D eigenvalue weighted by molar-refractivity contribution is 5.95. The van der Waals surface area contributed by atoms with Crippen LogP contribution in [-0.4, -0.2) is 38.4 Å². The summed E-state index contributed by atoms with van der Waals surface area (Å²) in [4.78, 5) is 16.4. The molecule has 0 spiro atoms. The van der Waals surface area contributed by atoms with Crippen LogP contribution in [0.2, 0.25) is 0 Å². The van der Waals surface area contributed by atoms with Gasteiger partial charge >= 0.3 is 0 Å². The van der Waals surface area contributed by atoms with E-state index in [2.05, 4.69) is 15.4 Å². The van der Waals surface area contributed by atoms with Gasteiger partial charge in [0.05, 0.1) is 23.6 Å². The smallest absolute Gasteiger partial charge is 0.254 e. The van der Waals surface area contributed by atoms with Crippen molar-refractivity contribution in [1.29, 1.82) is 0 Å². The zero-order valence-electron chi connectivity index (χ0n) is 13.2. The van der Waals surface area contributed by atoms with Gasteiger partial charge in [-0.05, 0) is 31.4 Å². The molecule has 1 amide bonds. The molecule has 2 aromatic heterocycles. The van der Waals surface area contributed by atoms with Gasteiger partial charge < -0.3 is 10.4 Å². The highest BCUT2D eigenvalue weighted by Crippen LogP contribution is 2.12. The third kappa shape index (κ3) is 3.92. The average molecular weight is 302 g/mol. The molecule has 22 heavy (non-hydrogen) atoms. The molecule has 2 rings (SSSR count). The molecule has 2 heterocycles. The number of carbonyl (C=O) groups is 1. The van der Waals surface area contributed by atoms with E-state index < -0.39 is 6.10 Å². The molecule has 0 saturated carbocycles. The highest BCUT2D eigenvalue weighted by Gasteiger charge is 2.16. The lowest BCUT2D eigenvalue weighted by Gasteiger charge is -2.13. The van der Waals surface area contributed by atoms with Gasteiger partial charge in [-0.1, -0.05) is 19.9 Å². The lowest BCUT2D eigenvalue weighted by Crippen LogP contribution is -2.33. The molecule has 2 N–H and O–H groups in total. The van der Waals surface area contributed by atoms with Crippen molar-refractivity contribution in [2.24, 2.45) is 5.92 Å². The van der Waals surface area contributed by atoms with Gasteiger partial charge in [0.1, 0.15) is 0 Å². The van der Waals surface area contributed by atoms with Crippen molar-refractivity contribution >= 4 is 5.91 Å². The second-order valence-electron chi connectivity index (χ2n) is 5.74. The molecule has 0 radical (unpaired) electrons. The van der Waals surface area contributed by atoms with Crippen LogP contribution in [0.5, 0.6) is 0 Å². The Hall–Kier alpha value is -2.21. The molecule has 0 saturated heterocycles. The van der Waals surface area contributed by atoms with Crippen molar-refractivity contribution in [3.05, 3.63) is 41.9 Å². The second kappa shape index (κ2) is 7.17. The molecule has 2 aromatic rings. The number of nitrogens with one attached hydrogen (secondary N) is 1. The molecule has 0 aliphatic heterocycles. The Kier molecular flexibility index (Phi) is 5.27. The summed E-state index contributed by atoms with van der Waals surface area (Å²) in [6, 6.07) is 5.52. The van der Waals surface area contributed by atoms with Crippen molar-refractivity contribution in [3.8, 4) is 5.82 Å². The Morgan fingerprint density at radius 1 is 1.41 bits per heavy atom. The fraction of sp³-hybridized carbons (Fsp3) is 0.438. The quantitative estimate of drug-likeness (QED) is 0.851. The average Bonchev–Trinajstić information content (AvgIpc) is 2.87. The zero-order valence-corrected chi connectivity index (χ0v) is 13.2. The first-order valence-electron chi connectivity index (χ1n) is 7.41. The molecule has 0 aliphatic carbocycles. The van der Waals surface area contributed by atoms with Crippen LogP contribution in [0.4, 0.5) is 0 Å². The maximum absolute atomic E-state index is 12.2. The molecular formula is C16H22N4O2. The van der Waals surface area contributed by atoms with Crippen molar-refractivity contribution in [2.75, 3.05) is 6.54 Å². The van der Waals surface area contributed by atoms with Crippen LogP contribution in [0.3, 0.4) is 0 Å². The monoisotopic (exact) mass is 302 g/mol. The van der Waals surface area contributed by atoms with E-state index >= 15 is 0 Å². The van der Waals surface area contributed by atoms with Gasteiger partial charge in [-0.15, -0.1) is 0 Å². The number of hydrogen-bond donors (Lipinski definition) is 2. The first kappa shape index (κ1) is 16.2. The summed E-state index contributed by atoms with van der Waals surface area (Å²) in [6.45, 7) is 6.13. The summed E-state index contributed by atoms with van der Waals surface area (Å²) >= 11 is 0. The van der Waals surface area contributed by atoms with E-state index in [1.807, 2.05) is 39.0 Å². The number of hydrogen-bond acceptors (Lipinski definition) is 4. The van der Waals surface area contributed by atoms with Gasteiger partial charge in [0.25, 0.3) is 5.91 Å². The van der Waals surface area contributed by atoms with E-state index in [0.29, 0.717) is 23.7 Å². The normalized spacial score (nSPS) is 12.4. The van der Waals surface area contributed by atoms with Gasteiger partial charge in [0, 0.05) is 12.7 Å². The molecule has 6 heteroatoms. The van der Waals surface area contributed by atoms with Crippen LogP contribution in [-0.2, 0) is 0 Å². The summed E-state index contributed by atoms with van der Waals surface area (Å²) in [7, 11) is 0. The van der Waals surface area contributed by atoms with Crippen LogP contribution >= 0.6 is 0 Å². The molecule has 1 atom stereocenters. The molecule has 0 bridgehead atoms. The van der Waals surface area contributed by atoms with Crippen molar-refractivity contribution in [1.82, 2.24) is 20.1 Å². The Bertz CT molecular complexity index is 622. The van der Waals surface area contributed by atoms with Crippen LogP contribution in [0.25, 0.3) is 5.82 Å². The number of carbonyl (C=O) groups excluding carboxylic acids is 1. The molecule has 0 fully saturated rings. The lowest BCUT2D eigenvalue weighted by molar-refractivity contribution is 0.0899. The number of aromatic nitrogens is 3. The molecule has 0 aliphatic rings. The van der Waals surface area contributed by atoms with Crippen LogP contribution in [0, 0.1) is 12.8 Å². The fourth-order valence-corrected chi connectivity index (χ4v) is 2.28. The molecule has 1 unspecified atom stereocenters. The van der Waals surface area contributed by atoms with Crippen molar-refractivity contribution in [3.63, 3.8) is 0 Å². The minimum Gasteiger partial charge on any atom is -0.391 e. The summed E-state index contributed by atoms with van der Waals surface area (Å²) in [5.74, 6) is 0.821. The summed E-state index contributed by atoms with van der Waals surface area (Å²) < 4.78 is 1.62. The first-order chi connectivity index (χ1) is 10.5. The summed E-state index contributed by atoms with van der Waals surface area (Å²) in [5, 5.41) is 16.8. The zero-order chi connectivity index (χ0) is 16.1. The predicted molar refractivity (Wildman–Crippen MR) is 83.9 cm³/mol. The predicted octanol–water partition coefficient (Wildman–Crippen LogP) is 1.71. The van der Waals surface area contributed by atoms with Crippen LogP contribution < -0.4 is 5.32 Å². The summed E-state index contributed by atoms with van der Waals surface area (Å²) in [5.41, 5.74) is 1.21. The molecule has 0 aromatic carbocycles. The van der Waals surface area contributed by atoms with Gasteiger partial charge in [-0.2, -0.15) is 5.10 Å². The van der Waals surface area contributed by atoms with E-state index in [4.69, 9.17) is 0 Å².